The van der Waals surface area contributed by atoms with Gasteiger partial charge in [0.25, 0.3) is 0 Å². The molecule has 0 saturated heterocycles. The predicted octanol–water partition coefficient (Wildman–Crippen LogP) is 0.118. The van der Waals surface area contributed by atoms with E-state index in [1.165, 1.54) is 0 Å². The summed E-state index contributed by atoms with van der Waals surface area (Å²) in [7, 11) is 0. The first kappa shape index (κ1) is 15.6. The van der Waals surface area contributed by atoms with Crippen molar-refractivity contribution < 1.29 is 9.84 Å². The van der Waals surface area contributed by atoms with Gasteiger partial charge in [0.05, 0.1) is 18.5 Å². The van der Waals surface area contributed by atoms with Crippen molar-refractivity contribution in [2.45, 2.75) is 32.3 Å². The number of hydrogen-bond acceptors (Lipinski definition) is 5. The highest BCUT2D eigenvalue weighted by atomic mass is 16.5. The second-order valence-electron chi connectivity index (χ2n) is 4.15. The smallest absolute Gasteiger partial charge is 0.137 e. The second kappa shape index (κ2) is 10.5. The lowest BCUT2D eigenvalue weighted by atomic mass is 10.2. The van der Waals surface area contributed by atoms with Crippen LogP contribution in [0.1, 0.15) is 25.5 Å². The summed E-state index contributed by atoms with van der Waals surface area (Å²) in [5.74, 6) is 5.28. The number of hydrogen-bond donors (Lipinski definition) is 3. The molecule has 0 aliphatic carbocycles. The van der Waals surface area contributed by atoms with E-state index in [4.69, 9.17) is 4.74 Å². The van der Waals surface area contributed by atoms with E-state index in [2.05, 4.69) is 32.6 Å². The molecule has 1 atom stereocenters. The molecule has 1 aromatic rings. The standard InChI is InChI=1S/C13H22N4O2/c1-2-5-13(18)11-19-9-4-8-14-7-3-6-12-10-15-17-16-12/h10,13-14,18H,3-4,6-9,11H2,1H3,(H,15,16,17). The molecule has 0 bridgehead atoms. The molecule has 1 heterocycles. The van der Waals surface area contributed by atoms with E-state index in [0.29, 0.717) is 6.61 Å². The number of aliphatic hydroxyl groups excluding tert-OH is 1. The lowest BCUT2D eigenvalue weighted by Crippen LogP contribution is -2.20. The fraction of sp³-hybridized carbons (Fsp3) is 0.692. The van der Waals surface area contributed by atoms with Crippen LogP contribution in [0, 0.1) is 11.8 Å². The van der Waals surface area contributed by atoms with Crippen LogP contribution in [-0.4, -0.2) is 52.9 Å². The van der Waals surface area contributed by atoms with Gasteiger partial charge in [0, 0.05) is 6.61 Å². The van der Waals surface area contributed by atoms with Crippen molar-refractivity contribution in [3.05, 3.63) is 11.9 Å². The Morgan fingerprint density at radius 3 is 3.05 bits per heavy atom. The van der Waals surface area contributed by atoms with Gasteiger partial charge in [-0.25, -0.2) is 0 Å². The fourth-order valence-corrected chi connectivity index (χ4v) is 1.57. The van der Waals surface area contributed by atoms with Crippen molar-refractivity contribution in [1.82, 2.24) is 20.7 Å². The van der Waals surface area contributed by atoms with E-state index in [1.54, 1.807) is 13.1 Å². The molecule has 1 rings (SSSR count). The average Bonchev–Trinajstić information content (AvgIpc) is 2.90. The zero-order valence-corrected chi connectivity index (χ0v) is 11.4. The Labute approximate surface area is 113 Å². The summed E-state index contributed by atoms with van der Waals surface area (Å²) < 4.78 is 5.30. The third kappa shape index (κ3) is 8.32. The maximum Gasteiger partial charge on any atom is 0.137 e. The fourth-order valence-electron chi connectivity index (χ4n) is 1.57. The van der Waals surface area contributed by atoms with E-state index in [9.17, 15) is 5.11 Å². The van der Waals surface area contributed by atoms with Crippen LogP contribution in [0.2, 0.25) is 0 Å². The number of nitrogens with one attached hydrogen (secondary N) is 2. The molecule has 0 amide bonds. The van der Waals surface area contributed by atoms with Crippen LogP contribution in [0.25, 0.3) is 0 Å². The highest BCUT2D eigenvalue weighted by Crippen LogP contribution is 1.94. The average molecular weight is 266 g/mol. The van der Waals surface area contributed by atoms with Crippen LogP contribution in [0.15, 0.2) is 6.20 Å². The summed E-state index contributed by atoms with van der Waals surface area (Å²) in [5, 5.41) is 23.0. The Balaban J connectivity index is 1.82. The molecule has 0 radical (unpaired) electrons. The number of ether oxygens (including phenoxy) is 1. The number of aromatic amines is 1. The van der Waals surface area contributed by atoms with Gasteiger partial charge in [-0.15, -0.1) is 5.92 Å². The summed E-state index contributed by atoms with van der Waals surface area (Å²) in [6, 6.07) is 0. The number of aryl methyl sites for hydroxylation is 1. The van der Waals surface area contributed by atoms with Crippen LogP contribution in [0.4, 0.5) is 0 Å². The van der Waals surface area contributed by atoms with Crippen LogP contribution < -0.4 is 5.32 Å². The van der Waals surface area contributed by atoms with Crippen molar-refractivity contribution in [3.8, 4) is 11.8 Å². The minimum atomic E-state index is -0.666. The van der Waals surface area contributed by atoms with Gasteiger partial charge in [-0.2, -0.15) is 15.4 Å². The molecule has 19 heavy (non-hydrogen) atoms. The maximum absolute atomic E-state index is 9.28. The third-order valence-corrected chi connectivity index (χ3v) is 2.48. The number of H-pyrrole nitrogens is 1. The quantitative estimate of drug-likeness (QED) is 0.414. The SMILES string of the molecule is CC#CC(O)COCCCNCCCc1cn[nH]n1. The van der Waals surface area contributed by atoms with Crippen molar-refractivity contribution >= 4 is 0 Å². The number of aliphatic hydroxyl groups is 1. The molecule has 0 aliphatic heterocycles. The zero-order valence-electron chi connectivity index (χ0n) is 11.4. The summed E-state index contributed by atoms with van der Waals surface area (Å²) in [6.07, 6.45) is 3.98. The Morgan fingerprint density at radius 2 is 2.32 bits per heavy atom. The molecular formula is C13H22N4O2. The monoisotopic (exact) mass is 266 g/mol. The molecule has 6 nitrogen and oxygen atoms in total. The Kier molecular flexibility index (Phi) is 8.64. The van der Waals surface area contributed by atoms with Gasteiger partial charge in [-0.05, 0) is 39.3 Å². The minimum absolute atomic E-state index is 0.285. The highest BCUT2D eigenvalue weighted by Gasteiger charge is 1.98. The second-order valence-corrected chi connectivity index (χ2v) is 4.15. The van der Waals surface area contributed by atoms with E-state index in [0.717, 1.165) is 38.0 Å². The van der Waals surface area contributed by atoms with Crippen molar-refractivity contribution in [1.29, 1.82) is 0 Å². The van der Waals surface area contributed by atoms with E-state index in [1.807, 2.05) is 0 Å². The van der Waals surface area contributed by atoms with Crippen LogP contribution in [0.3, 0.4) is 0 Å². The van der Waals surface area contributed by atoms with Gasteiger partial charge in [0.2, 0.25) is 0 Å². The largest absolute Gasteiger partial charge is 0.378 e. The third-order valence-electron chi connectivity index (χ3n) is 2.48. The van der Waals surface area contributed by atoms with E-state index in [-0.39, 0.29) is 6.61 Å². The van der Waals surface area contributed by atoms with Crippen LogP contribution >= 0.6 is 0 Å². The van der Waals surface area contributed by atoms with E-state index < -0.39 is 6.10 Å². The molecule has 1 unspecified atom stereocenters. The molecule has 106 valence electrons. The first-order valence-corrected chi connectivity index (χ1v) is 6.56. The van der Waals surface area contributed by atoms with Gasteiger partial charge >= 0.3 is 0 Å². The number of rotatable bonds is 10. The van der Waals surface area contributed by atoms with Gasteiger partial charge in [-0.3, -0.25) is 0 Å². The topological polar surface area (TPSA) is 83.1 Å². The summed E-state index contributed by atoms with van der Waals surface area (Å²) in [6.45, 7) is 4.49. The van der Waals surface area contributed by atoms with E-state index >= 15 is 0 Å². The summed E-state index contributed by atoms with van der Waals surface area (Å²) >= 11 is 0. The lowest BCUT2D eigenvalue weighted by Gasteiger charge is -2.06. The Morgan fingerprint density at radius 1 is 1.47 bits per heavy atom. The lowest BCUT2D eigenvalue weighted by molar-refractivity contribution is 0.0627. The molecule has 0 fully saturated rings. The molecule has 3 N–H and O–H groups in total. The van der Waals surface area contributed by atoms with Gasteiger partial charge < -0.3 is 15.2 Å². The zero-order chi connectivity index (χ0) is 13.8. The maximum atomic E-state index is 9.28. The highest BCUT2D eigenvalue weighted by molar-refractivity contribution is 5.01. The van der Waals surface area contributed by atoms with Gasteiger partial charge in [-0.1, -0.05) is 5.92 Å². The molecule has 1 aromatic heterocycles. The van der Waals surface area contributed by atoms with Crippen molar-refractivity contribution in [3.63, 3.8) is 0 Å². The van der Waals surface area contributed by atoms with Gasteiger partial charge in [0.1, 0.15) is 6.10 Å². The summed E-state index contributed by atoms with van der Waals surface area (Å²) in [5.41, 5.74) is 0.996. The predicted molar refractivity (Wildman–Crippen MR) is 72.5 cm³/mol. The first-order chi connectivity index (χ1) is 9.33. The Hall–Kier alpha value is -1.42. The summed E-state index contributed by atoms with van der Waals surface area (Å²) in [4.78, 5) is 0. The van der Waals surface area contributed by atoms with Crippen molar-refractivity contribution in [2.75, 3.05) is 26.3 Å². The van der Waals surface area contributed by atoms with Crippen molar-refractivity contribution in [2.24, 2.45) is 0 Å². The molecule has 6 heteroatoms. The van der Waals surface area contributed by atoms with Crippen LogP contribution in [0.5, 0.6) is 0 Å². The Bertz CT molecular complexity index is 370. The number of nitrogens with zero attached hydrogens (tertiary/aromatic N) is 2. The molecular weight excluding hydrogens is 244 g/mol. The molecule has 0 aromatic carbocycles. The van der Waals surface area contributed by atoms with Crippen LogP contribution in [-0.2, 0) is 11.2 Å². The normalized spacial score (nSPS) is 11.9. The molecule has 0 aliphatic rings. The molecule has 0 saturated carbocycles. The van der Waals surface area contributed by atoms with Gasteiger partial charge in [0.15, 0.2) is 0 Å². The number of aromatic nitrogens is 3. The minimum Gasteiger partial charge on any atom is -0.378 e. The molecule has 0 spiro atoms. The first-order valence-electron chi connectivity index (χ1n) is 6.56.